The van der Waals surface area contributed by atoms with E-state index in [1.165, 1.54) is 36.2 Å². The summed E-state index contributed by atoms with van der Waals surface area (Å²) in [4.78, 5) is 12.7. The van der Waals surface area contributed by atoms with E-state index < -0.39 is 17.2 Å². The second kappa shape index (κ2) is 7.51. The molecule has 0 N–H and O–H groups in total. The number of hydrogen-bond donors (Lipinski definition) is 0. The molecule has 0 spiro atoms. The van der Waals surface area contributed by atoms with E-state index in [-0.39, 0.29) is 17.3 Å². The maximum absolute atomic E-state index is 13.2. The van der Waals surface area contributed by atoms with E-state index in [2.05, 4.69) is 10.2 Å². The van der Waals surface area contributed by atoms with Crippen LogP contribution in [0.1, 0.15) is 5.56 Å². The van der Waals surface area contributed by atoms with Crippen LogP contribution in [0.3, 0.4) is 0 Å². The molecule has 2 aromatic carbocycles. The maximum Gasteiger partial charge on any atom is 0.416 e. The summed E-state index contributed by atoms with van der Waals surface area (Å²) >= 11 is 0. The largest absolute Gasteiger partial charge is 0.481 e. The highest BCUT2D eigenvalue weighted by Gasteiger charge is 2.31. The van der Waals surface area contributed by atoms with Crippen LogP contribution in [0.4, 0.5) is 13.2 Å². The summed E-state index contributed by atoms with van der Waals surface area (Å²) in [5.74, 6) is 0.00820. The number of benzene rings is 2. The van der Waals surface area contributed by atoms with Crippen LogP contribution in [-0.4, -0.2) is 26.7 Å². The van der Waals surface area contributed by atoms with E-state index in [9.17, 15) is 18.0 Å². The van der Waals surface area contributed by atoms with Crippen molar-refractivity contribution in [3.63, 3.8) is 0 Å². The van der Waals surface area contributed by atoms with Gasteiger partial charge < -0.3 is 4.74 Å². The Labute approximate surface area is 168 Å². The predicted octanol–water partition coefficient (Wildman–Crippen LogP) is 4.11. The molecule has 0 saturated carbocycles. The molecule has 0 unspecified atom stereocenters. The highest BCUT2D eigenvalue weighted by molar-refractivity contribution is 5.58. The average molecular weight is 412 g/mol. The Bertz CT molecular complexity index is 1250. The van der Waals surface area contributed by atoms with Gasteiger partial charge in [-0.3, -0.25) is 4.79 Å². The zero-order valence-corrected chi connectivity index (χ0v) is 15.7. The standard InChI is InChI=1S/C21H15F3N4O2/c1-30-19-13-18(29)20(17-10-11-25-27(17)15-7-3-2-4-8-15)26-28(19)16-9-5-6-14(12-16)21(22,23)24/h2-13H,1H3. The SMILES string of the molecule is COc1cc(=O)c(-c2ccnn2-c2ccccc2)nn1-c1cccc(C(F)(F)F)c1. The number of methoxy groups -OCH3 is 1. The van der Waals surface area contributed by atoms with E-state index in [0.29, 0.717) is 11.4 Å². The molecule has 2 aromatic heterocycles. The van der Waals surface area contributed by atoms with Gasteiger partial charge in [0.25, 0.3) is 0 Å². The summed E-state index contributed by atoms with van der Waals surface area (Å²) in [6.07, 6.45) is -3.00. The number of ether oxygens (including phenoxy) is 1. The third-order valence-electron chi connectivity index (χ3n) is 4.41. The smallest absolute Gasteiger partial charge is 0.416 e. The first-order valence-electron chi connectivity index (χ1n) is 8.84. The van der Waals surface area contributed by atoms with Gasteiger partial charge in [0.15, 0.2) is 5.69 Å². The normalized spacial score (nSPS) is 11.5. The summed E-state index contributed by atoms with van der Waals surface area (Å²) in [5.41, 5.74) is -0.0517. The topological polar surface area (TPSA) is 61.9 Å². The minimum absolute atomic E-state index is 0.00820. The van der Waals surface area contributed by atoms with Crippen molar-refractivity contribution >= 4 is 0 Å². The van der Waals surface area contributed by atoms with Gasteiger partial charge in [0.2, 0.25) is 11.3 Å². The molecule has 0 radical (unpaired) electrons. The fourth-order valence-corrected chi connectivity index (χ4v) is 3.02. The van der Waals surface area contributed by atoms with Crippen molar-refractivity contribution in [1.29, 1.82) is 0 Å². The summed E-state index contributed by atoms with van der Waals surface area (Å²) in [6, 6.07) is 16.5. The molecule has 0 fully saturated rings. The number of alkyl halides is 3. The second-order valence-corrected chi connectivity index (χ2v) is 6.32. The molecule has 0 saturated heterocycles. The van der Waals surface area contributed by atoms with Crippen LogP contribution in [0.15, 0.2) is 77.7 Å². The predicted molar refractivity (Wildman–Crippen MR) is 104 cm³/mol. The lowest BCUT2D eigenvalue weighted by Crippen LogP contribution is -2.17. The molecule has 0 aliphatic rings. The van der Waals surface area contributed by atoms with E-state index in [1.807, 2.05) is 30.3 Å². The Kier molecular flexibility index (Phi) is 4.86. The second-order valence-electron chi connectivity index (χ2n) is 6.32. The van der Waals surface area contributed by atoms with Gasteiger partial charge in [-0.15, -0.1) is 0 Å². The number of hydrogen-bond acceptors (Lipinski definition) is 4. The number of nitrogens with zero attached hydrogens (tertiary/aromatic N) is 4. The van der Waals surface area contributed by atoms with Crippen molar-refractivity contribution in [2.75, 3.05) is 7.11 Å². The molecule has 4 aromatic rings. The van der Waals surface area contributed by atoms with Crippen LogP contribution in [0.25, 0.3) is 22.8 Å². The van der Waals surface area contributed by atoms with Crippen molar-refractivity contribution < 1.29 is 17.9 Å². The van der Waals surface area contributed by atoms with Crippen LogP contribution in [0.5, 0.6) is 5.88 Å². The molecule has 2 heterocycles. The number of para-hydroxylation sites is 1. The van der Waals surface area contributed by atoms with Gasteiger partial charge in [-0.25, -0.2) is 9.36 Å². The third-order valence-corrected chi connectivity index (χ3v) is 4.41. The molecule has 0 aliphatic carbocycles. The molecule has 9 heteroatoms. The van der Waals surface area contributed by atoms with Gasteiger partial charge in [-0.1, -0.05) is 24.3 Å². The quantitative estimate of drug-likeness (QED) is 0.506. The molecular weight excluding hydrogens is 397 g/mol. The Morgan fingerprint density at radius 3 is 2.33 bits per heavy atom. The van der Waals surface area contributed by atoms with Crippen LogP contribution in [0.2, 0.25) is 0 Å². The zero-order valence-electron chi connectivity index (χ0n) is 15.7. The lowest BCUT2D eigenvalue weighted by atomic mass is 10.2. The maximum atomic E-state index is 13.2. The number of aromatic nitrogens is 4. The summed E-state index contributed by atoms with van der Waals surface area (Å²) in [7, 11) is 1.31. The fraction of sp³-hybridized carbons (Fsp3) is 0.0952. The monoisotopic (exact) mass is 412 g/mol. The van der Waals surface area contributed by atoms with Gasteiger partial charge in [0.1, 0.15) is 0 Å². The van der Waals surface area contributed by atoms with Gasteiger partial charge in [-0.05, 0) is 36.4 Å². The highest BCUT2D eigenvalue weighted by Crippen LogP contribution is 2.31. The Morgan fingerprint density at radius 2 is 1.63 bits per heavy atom. The molecule has 4 rings (SSSR count). The third kappa shape index (κ3) is 3.57. The lowest BCUT2D eigenvalue weighted by molar-refractivity contribution is -0.137. The van der Waals surface area contributed by atoms with Gasteiger partial charge in [0.05, 0.1) is 42.0 Å². The molecule has 0 bridgehead atoms. The molecule has 30 heavy (non-hydrogen) atoms. The number of halogens is 3. The average Bonchev–Trinajstić information content (AvgIpc) is 3.23. The van der Waals surface area contributed by atoms with Gasteiger partial charge in [0, 0.05) is 0 Å². The van der Waals surface area contributed by atoms with Gasteiger partial charge in [-0.2, -0.15) is 23.4 Å². The van der Waals surface area contributed by atoms with Crippen molar-refractivity contribution in [3.05, 3.63) is 88.7 Å². The van der Waals surface area contributed by atoms with Gasteiger partial charge >= 0.3 is 6.18 Å². The molecule has 0 aliphatic heterocycles. The molecule has 6 nitrogen and oxygen atoms in total. The van der Waals surface area contributed by atoms with Crippen molar-refractivity contribution in [2.24, 2.45) is 0 Å². The molecular formula is C21H15F3N4O2. The van der Waals surface area contributed by atoms with E-state index in [1.54, 1.807) is 6.07 Å². The summed E-state index contributed by atoms with van der Waals surface area (Å²) in [5, 5.41) is 8.56. The van der Waals surface area contributed by atoms with Crippen molar-refractivity contribution in [2.45, 2.75) is 6.18 Å². The summed E-state index contributed by atoms with van der Waals surface area (Å²) < 4.78 is 47.3. The van der Waals surface area contributed by atoms with Crippen molar-refractivity contribution in [3.8, 4) is 28.6 Å². The van der Waals surface area contributed by atoms with Crippen LogP contribution < -0.4 is 10.2 Å². The first-order valence-corrected chi connectivity index (χ1v) is 8.84. The first-order chi connectivity index (χ1) is 14.4. The van der Waals surface area contributed by atoms with E-state index >= 15 is 0 Å². The lowest BCUT2D eigenvalue weighted by Gasteiger charge is -2.15. The molecule has 152 valence electrons. The summed E-state index contributed by atoms with van der Waals surface area (Å²) in [6.45, 7) is 0. The highest BCUT2D eigenvalue weighted by atomic mass is 19.4. The van der Waals surface area contributed by atoms with Crippen molar-refractivity contribution in [1.82, 2.24) is 19.6 Å². The fourth-order valence-electron chi connectivity index (χ4n) is 3.02. The molecule has 0 atom stereocenters. The zero-order chi connectivity index (χ0) is 21.3. The van der Waals surface area contributed by atoms with Crippen LogP contribution in [0, 0.1) is 0 Å². The Hall–Kier alpha value is -3.88. The minimum atomic E-state index is -4.52. The first kappa shape index (κ1) is 19.4. The Balaban J connectivity index is 1.90. The van der Waals surface area contributed by atoms with E-state index in [4.69, 9.17) is 4.74 Å². The Morgan fingerprint density at radius 1 is 0.900 bits per heavy atom. The van der Waals surface area contributed by atoms with Crippen LogP contribution >= 0.6 is 0 Å². The minimum Gasteiger partial charge on any atom is -0.481 e. The number of rotatable bonds is 4. The van der Waals surface area contributed by atoms with E-state index in [0.717, 1.165) is 16.8 Å². The van der Waals surface area contributed by atoms with Crippen LogP contribution in [-0.2, 0) is 6.18 Å². The molecule has 0 amide bonds.